The van der Waals surface area contributed by atoms with E-state index >= 15 is 0 Å². The van der Waals surface area contributed by atoms with Crippen LogP contribution in [-0.4, -0.2) is 12.3 Å². The Hall–Kier alpha value is -1.27. The van der Waals surface area contributed by atoms with Gasteiger partial charge in [0.05, 0.1) is 0 Å². The van der Waals surface area contributed by atoms with Gasteiger partial charge >= 0.3 is 22.6 Å². The van der Waals surface area contributed by atoms with E-state index in [4.69, 9.17) is 21.1 Å². The quantitative estimate of drug-likeness (QED) is 0.275. The zero-order valence-corrected chi connectivity index (χ0v) is 20.8. The Morgan fingerprint density at radius 2 is 0.867 bits per heavy atom. The third kappa shape index (κ3) is 11.8. The second-order valence-corrected chi connectivity index (χ2v) is 12.0. The topological polar surface area (TPSA) is 39.8 Å². The Bertz CT molecular complexity index is 735. The molecule has 0 saturated carbocycles. The van der Waals surface area contributed by atoms with Gasteiger partial charge < -0.3 is 0 Å². The third-order valence-corrected chi connectivity index (χ3v) is 9.58. The van der Waals surface area contributed by atoms with Crippen molar-refractivity contribution >= 4 is 42.3 Å². The van der Waals surface area contributed by atoms with E-state index in [9.17, 15) is 0 Å². The molecular formula is C24H26CoO2P2S. The summed E-state index contributed by atoms with van der Waals surface area (Å²) in [4.78, 5) is 0. The van der Waals surface area contributed by atoms with Crippen molar-refractivity contribution < 1.29 is 26.1 Å². The molecule has 0 saturated heterocycles. The molecule has 0 aliphatic rings. The number of hydrogen-bond acceptors (Lipinski definition) is 1. The fourth-order valence-electron chi connectivity index (χ4n) is 2.43. The van der Waals surface area contributed by atoms with Gasteiger partial charge in [0, 0.05) is 16.8 Å². The van der Waals surface area contributed by atoms with E-state index in [0.717, 1.165) is 0 Å². The van der Waals surface area contributed by atoms with Crippen LogP contribution in [0.25, 0.3) is 0 Å². The Balaban J connectivity index is 0. The van der Waals surface area contributed by atoms with E-state index in [2.05, 4.69) is 118 Å². The first-order valence-electron chi connectivity index (χ1n) is 9.14. The van der Waals surface area contributed by atoms with E-state index in [1.807, 2.05) is 0 Å². The maximum atomic E-state index is 7.50. The molecule has 0 bridgehead atoms. The molecule has 0 atom stereocenters. The Morgan fingerprint density at radius 3 is 1.03 bits per heavy atom. The zero-order chi connectivity index (χ0) is 21.9. The predicted octanol–water partition coefficient (Wildman–Crippen LogP) is 5.07. The summed E-state index contributed by atoms with van der Waals surface area (Å²) in [7, 11) is -0.446. The molecule has 0 amide bonds. The molecule has 3 aromatic rings. The molecule has 6 heteroatoms. The maximum absolute atomic E-state index is 7.50. The summed E-state index contributed by atoms with van der Waals surface area (Å²) < 4.78 is 15.0. The van der Waals surface area contributed by atoms with Crippen LogP contribution < -0.4 is 15.9 Å². The largest absolute Gasteiger partial charge is 0.0622 e. The third-order valence-electron chi connectivity index (χ3n) is 3.83. The average molecular weight is 499 g/mol. The Morgan fingerprint density at radius 1 is 0.633 bits per heavy atom. The Labute approximate surface area is 198 Å². The summed E-state index contributed by atoms with van der Waals surface area (Å²) in [5, 5.41) is 4.19. The molecule has 3 aromatic carbocycles. The first kappa shape index (κ1) is 30.9. The van der Waals surface area contributed by atoms with Crippen molar-refractivity contribution in [3.05, 3.63) is 104 Å². The van der Waals surface area contributed by atoms with Gasteiger partial charge in [-0.15, -0.1) is 11.8 Å². The van der Waals surface area contributed by atoms with Crippen LogP contribution in [0.5, 0.6) is 0 Å². The fourth-order valence-corrected chi connectivity index (χ4v) is 5.23. The van der Waals surface area contributed by atoms with Gasteiger partial charge in [-0.2, -0.15) is 0 Å². The van der Waals surface area contributed by atoms with Gasteiger partial charge in [-0.05, 0) is 36.2 Å². The molecule has 159 valence electrons. The number of benzene rings is 3. The van der Waals surface area contributed by atoms with Crippen LogP contribution in [0, 0.1) is 13.3 Å². The molecule has 1 radical (unpaired) electrons. The molecular weight excluding hydrogens is 473 g/mol. The smallest absolute Gasteiger partial charge is 0 e. The first-order chi connectivity index (χ1) is 14.3. The van der Waals surface area contributed by atoms with Crippen LogP contribution in [0.3, 0.4) is 0 Å². The van der Waals surface area contributed by atoms with Gasteiger partial charge in [0.25, 0.3) is 0 Å². The molecule has 0 aliphatic heterocycles. The van der Waals surface area contributed by atoms with Crippen molar-refractivity contribution in [2.24, 2.45) is 0 Å². The molecule has 0 aliphatic carbocycles. The molecule has 0 spiro atoms. The van der Waals surface area contributed by atoms with Crippen LogP contribution in [0.4, 0.5) is 0 Å². The molecule has 3 rings (SSSR count). The van der Waals surface area contributed by atoms with Crippen LogP contribution in [0.2, 0.25) is 0 Å². The summed E-state index contributed by atoms with van der Waals surface area (Å²) >= 11 is 5.04. The fraction of sp³-hybridized carbons (Fsp3) is 0.167. The van der Waals surface area contributed by atoms with Crippen molar-refractivity contribution in [1.29, 1.82) is 0 Å². The average Bonchev–Trinajstić information content (AvgIpc) is 2.84. The van der Waals surface area contributed by atoms with Crippen LogP contribution in [0.15, 0.2) is 91.0 Å². The summed E-state index contributed by atoms with van der Waals surface area (Å²) in [6.07, 6.45) is 2.49. The summed E-state index contributed by atoms with van der Waals surface area (Å²) in [6.45, 7) is 13.1. The van der Waals surface area contributed by atoms with Crippen molar-refractivity contribution in [3.63, 3.8) is 0 Å². The van der Waals surface area contributed by atoms with Gasteiger partial charge in [0.1, 0.15) is 0 Å². The van der Waals surface area contributed by atoms with Gasteiger partial charge in [0.2, 0.25) is 0 Å². The monoisotopic (exact) mass is 499 g/mol. The van der Waals surface area contributed by atoms with Crippen LogP contribution >= 0.6 is 14.6 Å². The second-order valence-electron chi connectivity index (χ2n) is 5.59. The Kier molecular flexibility index (Phi) is 21.6. The predicted molar refractivity (Wildman–Crippen MR) is 130 cm³/mol. The number of rotatable bonds is 5. The molecule has 0 aromatic heterocycles. The number of hydrogen-bond donors (Lipinski definition) is 0. The standard InChI is InChI=1S/C18H15P.C4H11PS.2CO.Co/c1-4-10-16(11-5-1)19(17-12-6-2-7-13-17)18-14-8-3-9-15-18;1-3-5(6)4-2;2*1-2;/h1-15H;5H,3-4H2,1-2H3;;;. The van der Waals surface area contributed by atoms with E-state index in [-0.39, 0.29) is 23.5 Å². The van der Waals surface area contributed by atoms with Gasteiger partial charge in [-0.3, -0.25) is 0 Å². The minimum Gasteiger partial charge on any atom is -0.0622 e. The molecule has 0 unspecified atom stereocenters. The summed E-state index contributed by atoms with van der Waals surface area (Å²) in [6, 6.07) is 32.3. The zero-order valence-electron chi connectivity index (χ0n) is 17.1. The van der Waals surface area contributed by atoms with Crippen molar-refractivity contribution in [2.45, 2.75) is 13.8 Å². The molecule has 30 heavy (non-hydrogen) atoms. The van der Waals surface area contributed by atoms with Crippen molar-refractivity contribution in [3.8, 4) is 0 Å². The van der Waals surface area contributed by atoms with Crippen molar-refractivity contribution in [1.82, 2.24) is 0 Å². The molecule has 0 N–H and O–H groups in total. The van der Waals surface area contributed by atoms with Gasteiger partial charge in [0.15, 0.2) is 0 Å². The van der Waals surface area contributed by atoms with E-state index in [0.29, 0.717) is 0 Å². The summed E-state index contributed by atoms with van der Waals surface area (Å²) in [5.41, 5.74) is 0. The molecule has 0 heterocycles. The van der Waals surface area contributed by atoms with Crippen LogP contribution in [-0.2, 0) is 37.9 Å². The van der Waals surface area contributed by atoms with Gasteiger partial charge in [-0.1, -0.05) is 112 Å². The molecule has 0 fully saturated rings. The minimum atomic E-state index is -0.446. The van der Waals surface area contributed by atoms with Crippen LogP contribution in [0.1, 0.15) is 13.8 Å². The van der Waals surface area contributed by atoms with E-state index in [1.165, 1.54) is 28.2 Å². The summed E-state index contributed by atoms with van der Waals surface area (Å²) in [5.74, 6) is 0. The van der Waals surface area contributed by atoms with Gasteiger partial charge in [-0.25, -0.2) is 0 Å². The first-order valence-corrected chi connectivity index (χ1v) is 13.5. The van der Waals surface area contributed by atoms with E-state index in [1.54, 1.807) is 0 Å². The maximum Gasteiger partial charge on any atom is 0 e. The second kappa shape index (κ2) is 21.0. The SMILES string of the molecule is CC[PH](=S)CC.[C-]#[O+].[C-]#[O+].[Co].c1ccc(P(c2ccccc2)c2ccccc2)cc1. The molecule has 2 nitrogen and oxygen atoms in total. The minimum absolute atomic E-state index is 0. The normalized spacial score (nSPS) is 8.80. The van der Waals surface area contributed by atoms with Crippen molar-refractivity contribution in [2.75, 3.05) is 12.3 Å². The van der Waals surface area contributed by atoms with E-state index < -0.39 is 7.92 Å².